The molecule has 0 aliphatic carbocycles. The number of nitrogens with zero attached hydrogens (tertiary/aromatic N) is 1. The van der Waals surface area contributed by atoms with E-state index in [4.69, 9.17) is 16.3 Å². The number of halogens is 1. The summed E-state index contributed by atoms with van der Waals surface area (Å²) in [5.41, 5.74) is 1.86. The highest BCUT2D eigenvalue weighted by Crippen LogP contribution is 2.30. The number of fused-ring (bicyclic) bond motifs is 1. The molecule has 1 aliphatic heterocycles. The maximum Gasteiger partial charge on any atom is 0.112 e. The number of para-hydroxylation sites is 1. The first-order valence-electron chi connectivity index (χ1n) is 5.50. The Morgan fingerprint density at radius 1 is 1.50 bits per heavy atom. The Kier molecular flexibility index (Phi) is 2.37. The van der Waals surface area contributed by atoms with Gasteiger partial charge in [-0.1, -0.05) is 17.7 Å². The molecule has 2 unspecified atom stereocenters. The number of nitrogens with one attached hydrogen (secondary N) is 1. The molecule has 16 heavy (non-hydrogen) atoms. The molecule has 0 radical (unpaired) electrons. The van der Waals surface area contributed by atoms with E-state index < -0.39 is 0 Å². The van der Waals surface area contributed by atoms with Crippen LogP contribution in [-0.4, -0.2) is 22.7 Å². The second kappa shape index (κ2) is 3.75. The van der Waals surface area contributed by atoms with Crippen LogP contribution in [0.3, 0.4) is 0 Å². The standard InChI is InChI=1S/C12H13ClN2O/c1-7-5-8(6-16-7)12-14-10-4-2-3-9(13)11(10)15-12/h2-4,7-8H,5-6H2,1H3,(H,14,15). The van der Waals surface area contributed by atoms with Crippen molar-refractivity contribution in [3.8, 4) is 0 Å². The zero-order chi connectivity index (χ0) is 11.1. The van der Waals surface area contributed by atoms with Gasteiger partial charge in [0, 0.05) is 5.92 Å². The SMILES string of the molecule is CC1CC(c2nc3c(Cl)cccc3[nH]2)CO1. The normalized spacial score (nSPS) is 25.4. The van der Waals surface area contributed by atoms with Gasteiger partial charge in [0.1, 0.15) is 11.3 Å². The molecule has 1 saturated heterocycles. The monoisotopic (exact) mass is 236 g/mol. The number of rotatable bonds is 1. The summed E-state index contributed by atoms with van der Waals surface area (Å²) in [6, 6.07) is 5.79. The molecule has 1 aromatic carbocycles. The second-order valence-corrected chi connectivity index (χ2v) is 4.74. The number of aromatic nitrogens is 2. The van der Waals surface area contributed by atoms with Crippen LogP contribution < -0.4 is 0 Å². The maximum atomic E-state index is 6.09. The molecule has 2 heterocycles. The van der Waals surface area contributed by atoms with Crippen molar-refractivity contribution in [2.24, 2.45) is 0 Å². The highest BCUT2D eigenvalue weighted by Gasteiger charge is 2.26. The molecule has 3 rings (SSSR count). The van der Waals surface area contributed by atoms with E-state index in [1.54, 1.807) is 0 Å². The van der Waals surface area contributed by atoms with Crippen LogP contribution in [0.15, 0.2) is 18.2 Å². The van der Waals surface area contributed by atoms with E-state index in [0.29, 0.717) is 17.0 Å². The van der Waals surface area contributed by atoms with Gasteiger partial charge in [0.15, 0.2) is 0 Å². The molecular weight excluding hydrogens is 224 g/mol. The summed E-state index contributed by atoms with van der Waals surface area (Å²) in [4.78, 5) is 7.88. The van der Waals surface area contributed by atoms with Crippen molar-refractivity contribution in [2.45, 2.75) is 25.4 Å². The Morgan fingerprint density at radius 2 is 2.38 bits per heavy atom. The third kappa shape index (κ3) is 1.60. The summed E-state index contributed by atoms with van der Waals surface area (Å²) in [6.45, 7) is 2.84. The highest BCUT2D eigenvalue weighted by molar-refractivity contribution is 6.34. The van der Waals surface area contributed by atoms with Crippen molar-refractivity contribution in [3.63, 3.8) is 0 Å². The Hall–Kier alpha value is -1.06. The molecule has 3 nitrogen and oxygen atoms in total. The van der Waals surface area contributed by atoms with E-state index in [-0.39, 0.29) is 0 Å². The molecule has 4 heteroatoms. The number of hydrogen-bond acceptors (Lipinski definition) is 2. The number of hydrogen-bond donors (Lipinski definition) is 1. The first kappa shape index (κ1) is 10.1. The van der Waals surface area contributed by atoms with E-state index in [1.165, 1.54) is 0 Å². The molecule has 0 bridgehead atoms. The van der Waals surface area contributed by atoms with Crippen LogP contribution in [0.4, 0.5) is 0 Å². The van der Waals surface area contributed by atoms with Crippen LogP contribution in [0.5, 0.6) is 0 Å². The predicted octanol–water partition coefficient (Wildman–Crippen LogP) is 3.11. The minimum atomic E-state index is 0.327. The van der Waals surface area contributed by atoms with Gasteiger partial charge in [-0.25, -0.2) is 4.98 Å². The zero-order valence-electron chi connectivity index (χ0n) is 9.03. The lowest BCUT2D eigenvalue weighted by molar-refractivity contribution is 0.123. The van der Waals surface area contributed by atoms with E-state index in [9.17, 15) is 0 Å². The van der Waals surface area contributed by atoms with Gasteiger partial charge in [0.05, 0.1) is 23.3 Å². The first-order valence-corrected chi connectivity index (χ1v) is 5.87. The Bertz CT molecular complexity index is 523. The third-order valence-corrected chi connectivity index (χ3v) is 3.37. The smallest absolute Gasteiger partial charge is 0.112 e. The van der Waals surface area contributed by atoms with Gasteiger partial charge in [-0.2, -0.15) is 0 Å². The van der Waals surface area contributed by atoms with Gasteiger partial charge in [-0.05, 0) is 25.5 Å². The molecular formula is C12H13ClN2O. The summed E-state index contributed by atoms with van der Waals surface area (Å²) in [6.07, 6.45) is 1.35. The summed E-state index contributed by atoms with van der Waals surface area (Å²) in [5, 5.41) is 0.701. The van der Waals surface area contributed by atoms with Crippen molar-refractivity contribution in [1.82, 2.24) is 9.97 Å². The molecule has 0 spiro atoms. The lowest BCUT2D eigenvalue weighted by Crippen LogP contribution is -1.99. The minimum Gasteiger partial charge on any atom is -0.378 e. The van der Waals surface area contributed by atoms with Gasteiger partial charge in [-0.15, -0.1) is 0 Å². The second-order valence-electron chi connectivity index (χ2n) is 4.33. The number of H-pyrrole nitrogens is 1. The molecule has 0 saturated carbocycles. The highest BCUT2D eigenvalue weighted by atomic mass is 35.5. The Labute approximate surface area is 98.8 Å². The van der Waals surface area contributed by atoms with E-state index in [1.807, 2.05) is 18.2 Å². The number of imidazole rings is 1. The van der Waals surface area contributed by atoms with Crippen LogP contribution in [0.2, 0.25) is 5.02 Å². The van der Waals surface area contributed by atoms with Crippen LogP contribution in [-0.2, 0) is 4.74 Å². The van der Waals surface area contributed by atoms with Crippen molar-refractivity contribution in [2.75, 3.05) is 6.61 Å². The molecule has 1 N–H and O–H groups in total. The quantitative estimate of drug-likeness (QED) is 0.826. The van der Waals surface area contributed by atoms with Crippen molar-refractivity contribution in [3.05, 3.63) is 29.0 Å². The molecule has 1 fully saturated rings. The summed E-state index contributed by atoms with van der Waals surface area (Å²) in [7, 11) is 0. The summed E-state index contributed by atoms with van der Waals surface area (Å²) < 4.78 is 5.55. The third-order valence-electron chi connectivity index (χ3n) is 3.07. The fraction of sp³-hybridized carbons (Fsp3) is 0.417. The van der Waals surface area contributed by atoms with Crippen molar-refractivity contribution >= 4 is 22.6 Å². The lowest BCUT2D eigenvalue weighted by Gasteiger charge is -2.01. The van der Waals surface area contributed by atoms with Crippen molar-refractivity contribution in [1.29, 1.82) is 0 Å². The zero-order valence-corrected chi connectivity index (χ0v) is 9.79. The molecule has 1 aromatic heterocycles. The fourth-order valence-electron chi connectivity index (χ4n) is 2.22. The Balaban J connectivity index is 2.02. The molecule has 84 valence electrons. The lowest BCUT2D eigenvalue weighted by atomic mass is 10.1. The largest absolute Gasteiger partial charge is 0.378 e. The average molecular weight is 237 g/mol. The van der Waals surface area contributed by atoms with Gasteiger partial charge < -0.3 is 9.72 Å². The van der Waals surface area contributed by atoms with E-state index >= 15 is 0 Å². The number of ether oxygens (including phenoxy) is 1. The van der Waals surface area contributed by atoms with Gasteiger partial charge in [-0.3, -0.25) is 0 Å². The topological polar surface area (TPSA) is 37.9 Å². The van der Waals surface area contributed by atoms with E-state index in [0.717, 1.165) is 29.9 Å². The number of aromatic amines is 1. The average Bonchev–Trinajstić information content (AvgIpc) is 2.84. The summed E-state index contributed by atoms with van der Waals surface area (Å²) in [5.74, 6) is 1.37. The summed E-state index contributed by atoms with van der Waals surface area (Å²) >= 11 is 6.09. The van der Waals surface area contributed by atoms with Gasteiger partial charge in [0.25, 0.3) is 0 Å². The van der Waals surface area contributed by atoms with Crippen LogP contribution >= 0.6 is 11.6 Å². The molecule has 2 atom stereocenters. The molecule has 2 aromatic rings. The Morgan fingerprint density at radius 3 is 3.06 bits per heavy atom. The fourth-order valence-corrected chi connectivity index (χ4v) is 2.43. The maximum absolute atomic E-state index is 6.09. The minimum absolute atomic E-state index is 0.327. The van der Waals surface area contributed by atoms with Crippen molar-refractivity contribution < 1.29 is 4.74 Å². The number of benzene rings is 1. The first-order chi connectivity index (χ1) is 7.74. The van der Waals surface area contributed by atoms with Crippen LogP contribution in [0.25, 0.3) is 11.0 Å². The van der Waals surface area contributed by atoms with Gasteiger partial charge in [0.2, 0.25) is 0 Å². The molecule has 1 aliphatic rings. The predicted molar refractivity (Wildman–Crippen MR) is 63.9 cm³/mol. The molecule has 0 amide bonds. The van der Waals surface area contributed by atoms with E-state index in [2.05, 4.69) is 16.9 Å². The van der Waals surface area contributed by atoms with Crippen LogP contribution in [0, 0.1) is 0 Å². The van der Waals surface area contributed by atoms with Gasteiger partial charge >= 0.3 is 0 Å². The van der Waals surface area contributed by atoms with Crippen LogP contribution in [0.1, 0.15) is 25.1 Å².